The van der Waals surface area contributed by atoms with Crippen LogP contribution in [0.1, 0.15) is 13.3 Å². The van der Waals surface area contributed by atoms with Crippen molar-refractivity contribution < 1.29 is 37.3 Å². The molecule has 2 heterocycles. The van der Waals surface area contributed by atoms with Gasteiger partial charge in [-0.2, -0.15) is 8.42 Å². The van der Waals surface area contributed by atoms with Gasteiger partial charge in [0.2, 0.25) is 11.8 Å². The molecule has 0 aromatic heterocycles. The Morgan fingerprint density at radius 1 is 1.19 bits per heavy atom. The number of carbonyl (C=O) groups is 4. The molecule has 0 spiro atoms. The molecule has 2 aliphatic heterocycles. The van der Waals surface area contributed by atoms with Crippen LogP contribution in [0.2, 0.25) is 0 Å². The Morgan fingerprint density at radius 2 is 1.81 bits per heavy atom. The van der Waals surface area contributed by atoms with Gasteiger partial charge < -0.3 is 20.2 Å². The van der Waals surface area contributed by atoms with E-state index in [2.05, 4.69) is 10.2 Å². The van der Waals surface area contributed by atoms with Crippen LogP contribution in [0.4, 0.5) is 0 Å². The summed E-state index contributed by atoms with van der Waals surface area (Å²) in [5.74, 6) is -5.39. The van der Waals surface area contributed by atoms with Gasteiger partial charge in [0, 0.05) is 44.0 Å². The second-order valence-electron chi connectivity index (χ2n) is 7.92. The molecule has 31 heavy (non-hydrogen) atoms. The minimum Gasteiger partial charge on any atom is -0.480 e. The maximum atomic E-state index is 12.6. The van der Waals surface area contributed by atoms with Gasteiger partial charge in [-0.15, -0.1) is 0 Å². The number of Topliss-reactive ketones (excluding diaryl/α,β-unsaturated/α-hetero) is 1. The Kier molecular flexibility index (Phi) is 8.28. The Hall–Kier alpha value is -2.35. The van der Waals surface area contributed by atoms with Gasteiger partial charge in [0.05, 0.1) is 12.3 Å². The van der Waals surface area contributed by atoms with Crippen LogP contribution in [0.25, 0.3) is 0 Å². The van der Waals surface area contributed by atoms with Gasteiger partial charge in [-0.05, 0) is 20.4 Å². The number of hydrogen-bond donors (Lipinski definition) is 3. The molecule has 1 saturated heterocycles. The number of carboxylic acid groups (broad SMARTS) is 1. The summed E-state index contributed by atoms with van der Waals surface area (Å²) in [6.45, 7) is 3.63. The summed E-state index contributed by atoms with van der Waals surface area (Å²) in [6, 6.07) is -1.20. The second kappa shape index (κ2) is 10.3. The normalized spacial score (nSPS) is 22.2. The van der Waals surface area contributed by atoms with Crippen molar-refractivity contribution in [1.29, 1.82) is 0 Å². The average Bonchev–Trinajstić information content (AvgIpc) is 2.63. The fraction of sp³-hybridized carbons (Fsp3) is 0.667. The van der Waals surface area contributed by atoms with E-state index in [1.165, 1.54) is 6.92 Å². The number of piperazine rings is 1. The van der Waals surface area contributed by atoms with Crippen LogP contribution in [0.3, 0.4) is 0 Å². The van der Waals surface area contributed by atoms with Gasteiger partial charge in [0.15, 0.2) is 5.78 Å². The van der Waals surface area contributed by atoms with Crippen LogP contribution in [0.5, 0.6) is 0 Å². The molecule has 1 fully saturated rings. The predicted octanol–water partition coefficient (Wildman–Crippen LogP) is -1.99. The van der Waals surface area contributed by atoms with Gasteiger partial charge in [0.1, 0.15) is 12.5 Å². The number of carbonyl (C=O) groups excluding carboxylic acids is 3. The summed E-state index contributed by atoms with van der Waals surface area (Å²) < 4.78 is 32.2. The summed E-state index contributed by atoms with van der Waals surface area (Å²) in [6.07, 6.45) is 0.756. The molecule has 174 valence electrons. The largest absolute Gasteiger partial charge is 0.480 e. The average molecular weight is 461 g/mol. The summed E-state index contributed by atoms with van der Waals surface area (Å²) in [5.41, 5.74) is 0.139. The molecule has 0 aromatic rings. The smallest absolute Gasteiger partial charge is 0.323 e. The molecule has 2 rings (SSSR count). The molecular formula is C18H28N4O8S. The molecular weight excluding hydrogens is 432 g/mol. The summed E-state index contributed by atoms with van der Waals surface area (Å²) in [4.78, 5) is 53.4. The van der Waals surface area contributed by atoms with Gasteiger partial charge in [0.25, 0.3) is 10.1 Å². The monoisotopic (exact) mass is 460 g/mol. The molecule has 2 amide bonds. The Labute approximate surface area is 180 Å². The molecule has 12 nitrogen and oxygen atoms in total. The van der Waals surface area contributed by atoms with Crippen molar-refractivity contribution in [1.82, 2.24) is 20.0 Å². The van der Waals surface area contributed by atoms with E-state index in [1.54, 1.807) is 0 Å². The van der Waals surface area contributed by atoms with Crippen molar-refractivity contribution in [3.8, 4) is 0 Å². The predicted molar refractivity (Wildman–Crippen MR) is 109 cm³/mol. The molecule has 0 radical (unpaired) electrons. The van der Waals surface area contributed by atoms with Gasteiger partial charge >= 0.3 is 5.97 Å². The van der Waals surface area contributed by atoms with Crippen molar-refractivity contribution in [3.63, 3.8) is 0 Å². The number of amides is 2. The number of rotatable bonds is 9. The number of carboxylic acids is 1. The second-order valence-corrected chi connectivity index (χ2v) is 9.41. The molecule has 2 aliphatic rings. The van der Waals surface area contributed by atoms with E-state index in [4.69, 9.17) is 5.11 Å². The highest BCUT2D eigenvalue weighted by atomic mass is 32.2. The maximum absolute atomic E-state index is 12.6. The lowest BCUT2D eigenvalue weighted by molar-refractivity contribution is -0.147. The number of allylic oxidation sites excluding steroid dienone is 1. The molecule has 0 aromatic carbocycles. The zero-order valence-corrected chi connectivity index (χ0v) is 18.3. The molecule has 2 unspecified atom stereocenters. The summed E-state index contributed by atoms with van der Waals surface area (Å²) >= 11 is 0. The topological polar surface area (TPSA) is 165 Å². The van der Waals surface area contributed by atoms with Crippen LogP contribution < -0.4 is 5.32 Å². The van der Waals surface area contributed by atoms with Gasteiger partial charge in [-0.1, -0.05) is 0 Å². The molecule has 0 aliphatic carbocycles. The zero-order valence-electron chi connectivity index (χ0n) is 17.5. The van der Waals surface area contributed by atoms with Crippen molar-refractivity contribution in [3.05, 3.63) is 11.8 Å². The van der Waals surface area contributed by atoms with E-state index < -0.39 is 57.9 Å². The minimum absolute atomic E-state index is 0.00639. The van der Waals surface area contributed by atoms with Crippen LogP contribution >= 0.6 is 0 Å². The lowest BCUT2D eigenvalue weighted by Gasteiger charge is -2.33. The minimum atomic E-state index is -4.52. The third-order valence-electron chi connectivity index (χ3n) is 5.20. The third kappa shape index (κ3) is 7.69. The summed E-state index contributed by atoms with van der Waals surface area (Å²) in [7, 11) is -2.56. The zero-order chi connectivity index (χ0) is 23.3. The van der Waals surface area contributed by atoms with E-state index in [-0.39, 0.29) is 18.5 Å². The fourth-order valence-electron chi connectivity index (χ4n) is 3.62. The SMILES string of the molecule is CC1=CN(CC(=O)O)C(=O)C(CC(CS(=O)(=O)O)NC(=O)CN2CCN(C)CC2)C1=O. The molecule has 0 bridgehead atoms. The van der Waals surface area contributed by atoms with Crippen LogP contribution in [0, 0.1) is 5.92 Å². The van der Waals surface area contributed by atoms with Crippen LogP contribution in [0.15, 0.2) is 11.8 Å². The number of hydrogen-bond acceptors (Lipinski definition) is 8. The van der Waals surface area contributed by atoms with E-state index in [1.807, 2.05) is 11.9 Å². The van der Waals surface area contributed by atoms with Crippen LogP contribution in [-0.4, -0.2) is 114 Å². The molecule has 2 atom stereocenters. The lowest BCUT2D eigenvalue weighted by atomic mass is 9.88. The van der Waals surface area contributed by atoms with Crippen LogP contribution in [-0.2, 0) is 29.3 Å². The van der Waals surface area contributed by atoms with Gasteiger partial charge in [-0.25, -0.2) is 0 Å². The number of nitrogens with zero attached hydrogens (tertiary/aromatic N) is 3. The molecule has 3 N–H and O–H groups in total. The highest BCUT2D eigenvalue weighted by molar-refractivity contribution is 7.85. The highest BCUT2D eigenvalue weighted by Crippen LogP contribution is 2.23. The van der Waals surface area contributed by atoms with E-state index in [0.717, 1.165) is 24.2 Å². The summed E-state index contributed by atoms with van der Waals surface area (Å²) in [5, 5.41) is 11.5. The molecule has 0 saturated carbocycles. The quantitative estimate of drug-likeness (QED) is 0.259. The van der Waals surface area contributed by atoms with E-state index in [0.29, 0.717) is 13.1 Å². The molecule has 13 heteroatoms. The van der Waals surface area contributed by atoms with E-state index >= 15 is 0 Å². The number of aliphatic carboxylic acids is 1. The Bertz CT molecular complexity index is 864. The first-order valence-electron chi connectivity index (χ1n) is 9.76. The highest BCUT2D eigenvalue weighted by Gasteiger charge is 2.38. The Balaban J connectivity index is 2.11. The van der Waals surface area contributed by atoms with Crippen molar-refractivity contribution in [2.24, 2.45) is 5.92 Å². The van der Waals surface area contributed by atoms with E-state index in [9.17, 15) is 32.1 Å². The van der Waals surface area contributed by atoms with Crippen molar-refractivity contribution in [2.75, 3.05) is 52.1 Å². The van der Waals surface area contributed by atoms with Gasteiger partial charge in [-0.3, -0.25) is 28.6 Å². The third-order valence-corrected chi connectivity index (χ3v) is 6.03. The first-order valence-corrected chi connectivity index (χ1v) is 11.4. The Morgan fingerprint density at radius 3 is 2.35 bits per heavy atom. The van der Waals surface area contributed by atoms with Crippen molar-refractivity contribution in [2.45, 2.75) is 19.4 Å². The fourth-order valence-corrected chi connectivity index (χ4v) is 4.34. The van der Waals surface area contributed by atoms with Crippen molar-refractivity contribution >= 4 is 33.7 Å². The number of nitrogens with one attached hydrogen (secondary N) is 1. The standard InChI is InChI=1S/C18H28N4O8S/c1-12-8-22(10-16(24)25)18(27)14(17(12)26)7-13(11-31(28,29)30)19-15(23)9-21-5-3-20(2)4-6-21/h8,13-14H,3-7,9-11H2,1-2H3,(H,19,23)(H,24,25)(H,28,29,30). The first-order chi connectivity index (χ1) is 14.4. The number of ketones is 1. The first kappa shape index (κ1) is 24.9. The number of likely N-dealkylation sites (N-methyl/N-ethyl adjacent to an activating group) is 1. The lowest BCUT2D eigenvalue weighted by Crippen LogP contribution is -2.52. The maximum Gasteiger partial charge on any atom is 0.323 e.